The summed E-state index contributed by atoms with van der Waals surface area (Å²) in [6.45, 7) is 12.4. The number of nitrogens with zero attached hydrogens (tertiary/aromatic N) is 1. The highest BCUT2D eigenvalue weighted by Gasteiger charge is 2.22. The van der Waals surface area contributed by atoms with Crippen LogP contribution < -0.4 is 5.32 Å². The van der Waals surface area contributed by atoms with Crippen LogP contribution in [0.15, 0.2) is 0 Å². The normalized spacial score (nSPS) is 22.9. The van der Waals surface area contributed by atoms with Crippen LogP contribution in [0.2, 0.25) is 0 Å². The van der Waals surface area contributed by atoms with Crippen LogP contribution in [0.3, 0.4) is 0 Å². The molecule has 1 saturated heterocycles. The minimum atomic E-state index is 0.283. The van der Waals surface area contributed by atoms with Crippen molar-refractivity contribution in [1.29, 1.82) is 0 Å². The predicted octanol–water partition coefficient (Wildman–Crippen LogP) is 1.73. The molecule has 1 rings (SSSR count). The maximum atomic E-state index is 5.21. The highest BCUT2D eigenvalue weighted by atomic mass is 16.5. The van der Waals surface area contributed by atoms with Gasteiger partial charge in [-0.1, -0.05) is 6.92 Å². The molecule has 96 valence electrons. The minimum absolute atomic E-state index is 0.283. The van der Waals surface area contributed by atoms with E-state index in [9.17, 15) is 0 Å². The molecule has 1 aliphatic heterocycles. The van der Waals surface area contributed by atoms with Gasteiger partial charge < -0.3 is 15.0 Å². The van der Waals surface area contributed by atoms with Gasteiger partial charge in [-0.3, -0.25) is 0 Å². The number of ether oxygens (including phenoxy) is 1. The van der Waals surface area contributed by atoms with Crippen molar-refractivity contribution in [2.75, 3.05) is 39.9 Å². The van der Waals surface area contributed by atoms with E-state index in [-0.39, 0.29) is 5.54 Å². The van der Waals surface area contributed by atoms with Crippen molar-refractivity contribution in [1.82, 2.24) is 10.2 Å². The van der Waals surface area contributed by atoms with E-state index in [4.69, 9.17) is 4.74 Å². The highest BCUT2D eigenvalue weighted by molar-refractivity contribution is 4.79. The van der Waals surface area contributed by atoms with E-state index < -0.39 is 0 Å². The van der Waals surface area contributed by atoms with Crippen LogP contribution in [-0.4, -0.2) is 50.3 Å². The van der Waals surface area contributed by atoms with Crippen LogP contribution in [0, 0.1) is 5.92 Å². The van der Waals surface area contributed by atoms with Gasteiger partial charge in [0.1, 0.15) is 0 Å². The van der Waals surface area contributed by atoms with E-state index in [0.717, 1.165) is 19.1 Å². The van der Waals surface area contributed by atoms with E-state index in [0.29, 0.717) is 0 Å². The Labute approximate surface area is 101 Å². The lowest BCUT2D eigenvalue weighted by Gasteiger charge is -2.26. The molecule has 1 unspecified atom stereocenters. The Morgan fingerprint density at radius 2 is 2.19 bits per heavy atom. The summed E-state index contributed by atoms with van der Waals surface area (Å²) in [6, 6.07) is 0. The molecule has 0 aromatic heterocycles. The third-order valence-electron chi connectivity index (χ3n) is 3.69. The zero-order valence-electron chi connectivity index (χ0n) is 11.4. The Bertz CT molecular complexity index is 194. The second-order valence-corrected chi connectivity index (χ2v) is 5.57. The number of rotatable bonds is 7. The molecule has 0 amide bonds. The Hall–Kier alpha value is -0.120. The number of likely N-dealkylation sites (tertiary alicyclic amines) is 1. The first kappa shape index (κ1) is 13.9. The second-order valence-electron chi connectivity index (χ2n) is 5.57. The summed E-state index contributed by atoms with van der Waals surface area (Å²) in [5, 5.41) is 3.61. The highest BCUT2D eigenvalue weighted by Crippen LogP contribution is 2.15. The third-order valence-corrected chi connectivity index (χ3v) is 3.69. The van der Waals surface area contributed by atoms with Gasteiger partial charge in [-0.15, -0.1) is 0 Å². The lowest BCUT2D eigenvalue weighted by atomic mass is 10.0. The predicted molar refractivity (Wildman–Crippen MR) is 68.8 cm³/mol. The Morgan fingerprint density at radius 3 is 2.81 bits per heavy atom. The van der Waals surface area contributed by atoms with Crippen LogP contribution in [-0.2, 0) is 4.74 Å². The molecule has 1 fully saturated rings. The van der Waals surface area contributed by atoms with Gasteiger partial charge in [0, 0.05) is 32.3 Å². The van der Waals surface area contributed by atoms with Crippen LogP contribution in [0.5, 0.6) is 0 Å². The molecule has 0 aromatic carbocycles. The molecule has 1 heterocycles. The molecule has 0 spiro atoms. The summed E-state index contributed by atoms with van der Waals surface area (Å²) in [4.78, 5) is 2.54. The molecule has 1 aliphatic rings. The Kier molecular flexibility index (Phi) is 5.73. The number of hydrogen-bond donors (Lipinski definition) is 1. The van der Waals surface area contributed by atoms with Crippen LogP contribution in [0.25, 0.3) is 0 Å². The van der Waals surface area contributed by atoms with Crippen molar-refractivity contribution >= 4 is 0 Å². The molecule has 1 atom stereocenters. The summed E-state index contributed by atoms with van der Waals surface area (Å²) in [5.74, 6) is 0.754. The lowest BCUT2D eigenvalue weighted by Crippen LogP contribution is -2.42. The summed E-state index contributed by atoms with van der Waals surface area (Å²) >= 11 is 0. The van der Waals surface area contributed by atoms with Gasteiger partial charge in [0.15, 0.2) is 0 Å². The molecule has 16 heavy (non-hydrogen) atoms. The monoisotopic (exact) mass is 228 g/mol. The molecule has 0 aromatic rings. The topological polar surface area (TPSA) is 24.5 Å². The van der Waals surface area contributed by atoms with Crippen LogP contribution in [0.1, 0.15) is 33.6 Å². The number of methoxy groups -OCH3 is 1. The van der Waals surface area contributed by atoms with E-state index >= 15 is 0 Å². The molecular weight excluding hydrogens is 200 g/mol. The molecule has 3 heteroatoms. The quantitative estimate of drug-likeness (QED) is 0.718. The maximum Gasteiger partial charge on any atom is 0.0503 e. The summed E-state index contributed by atoms with van der Waals surface area (Å²) in [7, 11) is 1.80. The van der Waals surface area contributed by atoms with Crippen LogP contribution >= 0.6 is 0 Å². The van der Waals surface area contributed by atoms with Gasteiger partial charge in [0.2, 0.25) is 0 Å². The smallest absolute Gasteiger partial charge is 0.0503 e. The Morgan fingerprint density at radius 1 is 1.44 bits per heavy atom. The van der Waals surface area contributed by atoms with E-state index in [1.165, 1.54) is 32.5 Å². The first-order valence-corrected chi connectivity index (χ1v) is 6.53. The fraction of sp³-hybridized carbons (Fsp3) is 1.00. The molecule has 0 bridgehead atoms. The van der Waals surface area contributed by atoms with Gasteiger partial charge >= 0.3 is 0 Å². The number of hydrogen-bond acceptors (Lipinski definition) is 3. The third kappa shape index (κ3) is 4.81. The molecule has 0 aliphatic carbocycles. The van der Waals surface area contributed by atoms with Gasteiger partial charge in [-0.2, -0.15) is 0 Å². The average Bonchev–Trinajstić information content (AvgIpc) is 2.66. The standard InChI is InChI=1S/C13H28N2O/c1-5-13(2,3)14-7-9-15-8-6-12(10-15)11-16-4/h12,14H,5-11H2,1-4H3. The lowest BCUT2D eigenvalue weighted by molar-refractivity contribution is 0.153. The fourth-order valence-corrected chi connectivity index (χ4v) is 2.17. The molecule has 1 N–H and O–H groups in total. The summed E-state index contributed by atoms with van der Waals surface area (Å²) in [5.41, 5.74) is 0.283. The molecule has 3 nitrogen and oxygen atoms in total. The first-order valence-electron chi connectivity index (χ1n) is 6.53. The van der Waals surface area contributed by atoms with Crippen molar-refractivity contribution in [3.63, 3.8) is 0 Å². The van der Waals surface area contributed by atoms with Crippen molar-refractivity contribution in [2.45, 2.75) is 39.2 Å². The van der Waals surface area contributed by atoms with Crippen molar-refractivity contribution < 1.29 is 4.74 Å². The fourth-order valence-electron chi connectivity index (χ4n) is 2.17. The van der Waals surface area contributed by atoms with Gasteiger partial charge in [-0.05, 0) is 39.2 Å². The first-order chi connectivity index (χ1) is 7.57. The molecule has 0 saturated carbocycles. The SMILES string of the molecule is CCC(C)(C)NCCN1CCC(COC)C1. The average molecular weight is 228 g/mol. The zero-order valence-corrected chi connectivity index (χ0v) is 11.4. The van der Waals surface area contributed by atoms with Gasteiger partial charge in [0.05, 0.1) is 6.61 Å². The van der Waals surface area contributed by atoms with Crippen LogP contribution in [0.4, 0.5) is 0 Å². The largest absolute Gasteiger partial charge is 0.384 e. The molecular formula is C13H28N2O. The van der Waals surface area contributed by atoms with E-state index in [2.05, 4.69) is 31.0 Å². The van der Waals surface area contributed by atoms with Crippen molar-refractivity contribution in [3.05, 3.63) is 0 Å². The summed E-state index contributed by atoms with van der Waals surface area (Å²) in [6.07, 6.45) is 2.48. The Balaban J connectivity index is 2.11. The van der Waals surface area contributed by atoms with Crippen molar-refractivity contribution in [3.8, 4) is 0 Å². The minimum Gasteiger partial charge on any atom is -0.384 e. The molecule has 0 radical (unpaired) electrons. The summed E-state index contributed by atoms with van der Waals surface area (Å²) < 4.78 is 5.21. The van der Waals surface area contributed by atoms with E-state index in [1.54, 1.807) is 7.11 Å². The zero-order chi connectivity index (χ0) is 12.0. The number of nitrogens with one attached hydrogen (secondary N) is 1. The van der Waals surface area contributed by atoms with Gasteiger partial charge in [0.25, 0.3) is 0 Å². The second kappa shape index (κ2) is 6.58. The maximum absolute atomic E-state index is 5.21. The van der Waals surface area contributed by atoms with E-state index in [1.807, 2.05) is 0 Å². The van der Waals surface area contributed by atoms with Crippen molar-refractivity contribution in [2.24, 2.45) is 5.92 Å². The van der Waals surface area contributed by atoms with Gasteiger partial charge in [-0.25, -0.2) is 0 Å².